The van der Waals surface area contributed by atoms with Crippen molar-refractivity contribution >= 4 is 15.9 Å². The summed E-state index contributed by atoms with van der Waals surface area (Å²) >= 11 is 0. The third-order valence-corrected chi connectivity index (χ3v) is 6.20. The van der Waals surface area contributed by atoms with Crippen LogP contribution in [0.4, 0.5) is 0 Å². The third-order valence-electron chi connectivity index (χ3n) is 4.30. The molecule has 1 heterocycles. The largest absolute Gasteiger partial charge is 0.493 e. The van der Waals surface area contributed by atoms with Crippen LogP contribution in [-0.2, 0) is 14.8 Å². The van der Waals surface area contributed by atoms with Gasteiger partial charge in [0.1, 0.15) is 6.04 Å². The lowest BCUT2D eigenvalue weighted by Gasteiger charge is -2.23. The van der Waals surface area contributed by atoms with E-state index in [-0.39, 0.29) is 10.8 Å². The summed E-state index contributed by atoms with van der Waals surface area (Å²) in [5.74, 6) is 0.568. The van der Waals surface area contributed by atoms with Crippen LogP contribution in [0.15, 0.2) is 23.1 Å². The van der Waals surface area contributed by atoms with Crippen LogP contribution < -0.4 is 14.8 Å². The summed E-state index contributed by atoms with van der Waals surface area (Å²) in [7, 11) is -0.842. The second kappa shape index (κ2) is 8.53. The van der Waals surface area contributed by atoms with Gasteiger partial charge in [0.25, 0.3) is 0 Å². The molecule has 1 N–H and O–H groups in total. The van der Waals surface area contributed by atoms with E-state index in [1.54, 1.807) is 6.07 Å². The first-order valence-electron chi connectivity index (χ1n) is 8.47. The number of unbranched alkanes of at least 4 members (excludes halogenated alkanes) is 1. The molecule has 1 amide bonds. The van der Waals surface area contributed by atoms with Crippen LogP contribution in [0.1, 0.15) is 32.6 Å². The van der Waals surface area contributed by atoms with Crippen molar-refractivity contribution in [2.75, 3.05) is 27.3 Å². The van der Waals surface area contributed by atoms with Gasteiger partial charge in [-0.15, -0.1) is 0 Å². The number of amides is 1. The van der Waals surface area contributed by atoms with Crippen LogP contribution in [0.25, 0.3) is 0 Å². The third kappa shape index (κ3) is 4.24. The van der Waals surface area contributed by atoms with Gasteiger partial charge in [0.2, 0.25) is 15.9 Å². The molecule has 140 valence electrons. The molecular formula is C17H26N2O5S. The van der Waals surface area contributed by atoms with Gasteiger partial charge in [0.15, 0.2) is 11.5 Å². The summed E-state index contributed by atoms with van der Waals surface area (Å²) in [6.45, 7) is 2.94. The van der Waals surface area contributed by atoms with Gasteiger partial charge in [-0.25, -0.2) is 8.42 Å². The number of methoxy groups -OCH3 is 2. The lowest BCUT2D eigenvalue weighted by atomic mass is 10.2. The van der Waals surface area contributed by atoms with Gasteiger partial charge in [-0.1, -0.05) is 13.3 Å². The summed E-state index contributed by atoms with van der Waals surface area (Å²) in [5, 5.41) is 2.83. The van der Waals surface area contributed by atoms with Crippen LogP contribution in [-0.4, -0.2) is 52.0 Å². The molecule has 1 aromatic rings. The normalized spacial score (nSPS) is 18.1. The Bertz CT molecular complexity index is 705. The molecular weight excluding hydrogens is 344 g/mol. The van der Waals surface area contributed by atoms with Gasteiger partial charge < -0.3 is 14.8 Å². The SMILES string of the molecule is CCCCNC(=O)C1CCCN1S(=O)(=O)c1ccc(OC)c(OC)c1. The van der Waals surface area contributed by atoms with Crippen LogP contribution in [0.3, 0.4) is 0 Å². The Balaban J connectivity index is 2.24. The smallest absolute Gasteiger partial charge is 0.243 e. The minimum atomic E-state index is -3.78. The molecule has 1 fully saturated rings. The molecule has 8 heteroatoms. The molecule has 1 atom stereocenters. The van der Waals surface area contributed by atoms with E-state index in [0.717, 1.165) is 12.8 Å². The number of carbonyl (C=O) groups is 1. The first-order chi connectivity index (χ1) is 12.0. The van der Waals surface area contributed by atoms with Crippen molar-refractivity contribution in [1.29, 1.82) is 0 Å². The molecule has 1 saturated heterocycles. The summed E-state index contributed by atoms with van der Waals surface area (Å²) in [5.41, 5.74) is 0. The molecule has 1 aromatic carbocycles. The highest BCUT2D eigenvalue weighted by molar-refractivity contribution is 7.89. The summed E-state index contributed by atoms with van der Waals surface area (Å²) in [6, 6.07) is 3.80. The molecule has 0 aromatic heterocycles. The monoisotopic (exact) mass is 370 g/mol. The summed E-state index contributed by atoms with van der Waals surface area (Å²) in [4.78, 5) is 12.5. The second-order valence-corrected chi connectivity index (χ2v) is 7.83. The molecule has 0 radical (unpaired) electrons. The second-order valence-electron chi connectivity index (χ2n) is 5.94. The van der Waals surface area contributed by atoms with Crippen LogP contribution in [0.5, 0.6) is 11.5 Å². The first kappa shape index (κ1) is 19.5. The lowest BCUT2D eigenvalue weighted by molar-refractivity contribution is -0.124. The average Bonchev–Trinajstić information content (AvgIpc) is 3.11. The molecule has 2 rings (SSSR count). The average molecular weight is 370 g/mol. The van der Waals surface area contributed by atoms with E-state index in [1.807, 2.05) is 6.92 Å². The number of nitrogens with one attached hydrogen (secondary N) is 1. The molecule has 0 saturated carbocycles. The Morgan fingerprint density at radius 2 is 2.00 bits per heavy atom. The molecule has 1 unspecified atom stereocenters. The van der Waals surface area contributed by atoms with Gasteiger partial charge in [0.05, 0.1) is 19.1 Å². The number of carbonyl (C=O) groups excluding carboxylic acids is 1. The van der Waals surface area contributed by atoms with Crippen molar-refractivity contribution in [1.82, 2.24) is 9.62 Å². The number of rotatable bonds is 8. The fourth-order valence-electron chi connectivity index (χ4n) is 2.91. The van der Waals surface area contributed by atoms with Crippen LogP contribution >= 0.6 is 0 Å². The van der Waals surface area contributed by atoms with Crippen molar-refractivity contribution in [3.8, 4) is 11.5 Å². The van der Waals surface area contributed by atoms with Crippen molar-refractivity contribution < 1.29 is 22.7 Å². The van der Waals surface area contributed by atoms with Gasteiger partial charge in [-0.3, -0.25) is 4.79 Å². The van der Waals surface area contributed by atoms with E-state index in [0.29, 0.717) is 37.4 Å². The Morgan fingerprint density at radius 1 is 1.28 bits per heavy atom. The Morgan fingerprint density at radius 3 is 2.64 bits per heavy atom. The van der Waals surface area contributed by atoms with Crippen molar-refractivity contribution in [3.05, 3.63) is 18.2 Å². The number of benzene rings is 1. The van der Waals surface area contributed by atoms with E-state index in [1.165, 1.54) is 30.7 Å². The summed E-state index contributed by atoms with van der Waals surface area (Å²) in [6.07, 6.45) is 3.04. The maximum atomic E-state index is 13.0. The Labute approximate surface area is 149 Å². The zero-order chi connectivity index (χ0) is 18.4. The standard InChI is InChI=1S/C17H26N2O5S/c1-4-5-10-18-17(20)14-7-6-11-19(14)25(21,22)13-8-9-15(23-2)16(12-13)24-3/h8-9,12,14H,4-7,10-11H2,1-3H3,(H,18,20). The number of hydrogen-bond donors (Lipinski definition) is 1. The predicted molar refractivity (Wildman–Crippen MR) is 94.4 cm³/mol. The van der Waals surface area contributed by atoms with E-state index in [9.17, 15) is 13.2 Å². The van der Waals surface area contributed by atoms with Crippen molar-refractivity contribution in [3.63, 3.8) is 0 Å². The van der Waals surface area contributed by atoms with Gasteiger partial charge in [-0.2, -0.15) is 4.31 Å². The number of hydrogen-bond acceptors (Lipinski definition) is 5. The van der Waals surface area contributed by atoms with E-state index in [2.05, 4.69) is 5.32 Å². The Kier molecular flexibility index (Phi) is 6.66. The van der Waals surface area contributed by atoms with Crippen LogP contribution in [0, 0.1) is 0 Å². The molecule has 1 aliphatic rings. The van der Waals surface area contributed by atoms with Gasteiger partial charge in [-0.05, 0) is 31.4 Å². The van der Waals surface area contributed by atoms with E-state index < -0.39 is 16.1 Å². The molecule has 0 aliphatic carbocycles. The van der Waals surface area contributed by atoms with Gasteiger partial charge >= 0.3 is 0 Å². The minimum Gasteiger partial charge on any atom is -0.493 e. The number of sulfonamides is 1. The zero-order valence-electron chi connectivity index (χ0n) is 14.9. The fourth-order valence-corrected chi connectivity index (χ4v) is 4.58. The highest BCUT2D eigenvalue weighted by atomic mass is 32.2. The quantitative estimate of drug-likeness (QED) is 0.705. The van der Waals surface area contributed by atoms with Crippen LogP contribution in [0.2, 0.25) is 0 Å². The maximum Gasteiger partial charge on any atom is 0.243 e. The van der Waals surface area contributed by atoms with Crippen molar-refractivity contribution in [2.45, 2.75) is 43.5 Å². The summed E-state index contributed by atoms with van der Waals surface area (Å²) < 4.78 is 37.6. The maximum absolute atomic E-state index is 13.0. The topological polar surface area (TPSA) is 84.9 Å². The molecule has 7 nitrogen and oxygen atoms in total. The van der Waals surface area contributed by atoms with Crippen molar-refractivity contribution in [2.24, 2.45) is 0 Å². The minimum absolute atomic E-state index is 0.0957. The first-order valence-corrected chi connectivity index (χ1v) is 9.91. The zero-order valence-corrected chi connectivity index (χ0v) is 15.8. The van der Waals surface area contributed by atoms with E-state index >= 15 is 0 Å². The molecule has 0 bridgehead atoms. The van der Waals surface area contributed by atoms with E-state index in [4.69, 9.17) is 9.47 Å². The molecule has 25 heavy (non-hydrogen) atoms. The highest BCUT2D eigenvalue weighted by Gasteiger charge is 2.39. The van der Waals surface area contributed by atoms with Gasteiger partial charge in [0, 0.05) is 19.2 Å². The lowest BCUT2D eigenvalue weighted by Crippen LogP contribution is -2.46. The Hall–Kier alpha value is -1.80. The number of ether oxygens (including phenoxy) is 2. The molecule has 1 aliphatic heterocycles. The fraction of sp³-hybridized carbons (Fsp3) is 0.588. The highest BCUT2D eigenvalue weighted by Crippen LogP contribution is 2.33. The predicted octanol–water partition coefficient (Wildman–Crippen LogP) is 1.77. The molecule has 0 spiro atoms. The number of nitrogens with zero attached hydrogens (tertiary/aromatic N) is 1.